The molecular weight excluding hydrogens is 238 g/mol. The molecule has 3 heteroatoms. The van der Waals surface area contributed by atoms with Gasteiger partial charge in [0.1, 0.15) is 0 Å². The highest BCUT2D eigenvalue weighted by Crippen LogP contribution is 2.21. The van der Waals surface area contributed by atoms with Crippen molar-refractivity contribution in [2.45, 2.75) is 44.8 Å². The largest absolute Gasteiger partial charge is 0.390 e. The van der Waals surface area contributed by atoms with Crippen LogP contribution in [0.1, 0.15) is 44.8 Å². The lowest BCUT2D eigenvalue weighted by Crippen LogP contribution is -2.17. The van der Waals surface area contributed by atoms with Crippen LogP contribution < -0.4 is 0 Å². The van der Waals surface area contributed by atoms with E-state index in [4.69, 9.17) is 5.26 Å². The number of hydrogen-bond acceptors (Lipinski definition) is 3. The van der Waals surface area contributed by atoms with Gasteiger partial charge in [-0.1, -0.05) is 36.4 Å². The van der Waals surface area contributed by atoms with Crippen LogP contribution in [0.3, 0.4) is 0 Å². The maximum absolute atomic E-state index is 10.0. The molecule has 102 valence electrons. The third-order valence-corrected chi connectivity index (χ3v) is 2.89. The third-order valence-electron chi connectivity index (χ3n) is 2.89. The molecule has 0 fully saturated rings. The normalized spacial score (nSPS) is 13.9. The van der Waals surface area contributed by atoms with E-state index in [1.54, 1.807) is 19.9 Å². The predicted octanol–water partition coefficient (Wildman–Crippen LogP) is 3.11. The van der Waals surface area contributed by atoms with Crippen LogP contribution in [0.25, 0.3) is 0 Å². The van der Waals surface area contributed by atoms with Gasteiger partial charge in [0.15, 0.2) is 0 Å². The molecule has 0 spiro atoms. The Labute approximate surface area is 114 Å². The summed E-state index contributed by atoms with van der Waals surface area (Å²) in [6, 6.07) is 11.4. The van der Waals surface area contributed by atoms with Crippen molar-refractivity contribution in [3.8, 4) is 6.07 Å². The average Bonchev–Trinajstić information content (AvgIpc) is 2.37. The van der Waals surface area contributed by atoms with Crippen LogP contribution in [0.2, 0.25) is 0 Å². The summed E-state index contributed by atoms with van der Waals surface area (Å²) in [6.45, 7) is 3.48. The summed E-state index contributed by atoms with van der Waals surface area (Å²) in [5.41, 5.74) is 0.640. The molecule has 0 bridgehead atoms. The lowest BCUT2D eigenvalue weighted by atomic mass is 9.98. The van der Waals surface area contributed by atoms with Crippen molar-refractivity contribution in [2.75, 3.05) is 0 Å². The first-order valence-electron chi connectivity index (χ1n) is 6.47. The van der Waals surface area contributed by atoms with Gasteiger partial charge in [-0.25, -0.2) is 0 Å². The van der Waals surface area contributed by atoms with Crippen molar-refractivity contribution in [3.05, 3.63) is 47.5 Å². The summed E-state index contributed by atoms with van der Waals surface area (Å²) in [7, 11) is 0. The van der Waals surface area contributed by atoms with Gasteiger partial charge in [0.25, 0.3) is 0 Å². The van der Waals surface area contributed by atoms with Gasteiger partial charge < -0.3 is 10.2 Å². The van der Waals surface area contributed by atoms with E-state index in [0.717, 1.165) is 5.56 Å². The summed E-state index contributed by atoms with van der Waals surface area (Å²) < 4.78 is 0. The Balaban J connectivity index is 2.58. The van der Waals surface area contributed by atoms with Gasteiger partial charge in [0.2, 0.25) is 0 Å². The lowest BCUT2D eigenvalue weighted by Gasteiger charge is -2.15. The van der Waals surface area contributed by atoms with Crippen LogP contribution in [-0.4, -0.2) is 15.8 Å². The highest BCUT2D eigenvalue weighted by Gasteiger charge is 2.12. The quantitative estimate of drug-likeness (QED) is 0.771. The first-order valence-corrected chi connectivity index (χ1v) is 6.47. The summed E-state index contributed by atoms with van der Waals surface area (Å²) in [4.78, 5) is 0. The molecule has 0 aliphatic rings. The van der Waals surface area contributed by atoms with Gasteiger partial charge in [-0.3, -0.25) is 0 Å². The Morgan fingerprint density at radius 3 is 2.53 bits per heavy atom. The SMILES string of the molecule is CC(C)(O)CC/C=C(\C#N)CC(O)c1ccccc1. The van der Waals surface area contributed by atoms with Gasteiger partial charge >= 0.3 is 0 Å². The average molecular weight is 259 g/mol. The Kier molecular flexibility index (Phi) is 5.75. The fraction of sp³-hybridized carbons (Fsp3) is 0.438. The number of allylic oxidation sites excluding steroid dienone is 1. The second kappa shape index (κ2) is 7.08. The molecule has 0 radical (unpaired) electrons. The molecule has 0 aromatic heterocycles. The van der Waals surface area contributed by atoms with E-state index in [1.165, 1.54) is 0 Å². The standard InChI is InChI=1S/C16H21NO2/c1-16(2,19)10-6-7-13(12-17)11-15(18)14-8-4-3-5-9-14/h3-5,7-9,15,18-19H,6,10-11H2,1-2H3/b13-7-. The summed E-state index contributed by atoms with van der Waals surface area (Å²) in [5.74, 6) is 0. The minimum atomic E-state index is -0.727. The number of benzene rings is 1. The Morgan fingerprint density at radius 1 is 1.37 bits per heavy atom. The molecule has 0 amide bonds. The molecule has 1 aromatic carbocycles. The van der Waals surface area contributed by atoms with Crippen LogP contribution in [0.4, 0.5) is 0 Å². The zero-order valence-electron chi connectivity index (χ0n) is 11.5. The van der Waals surface area contributed by atoms with E-state index in [9.17, 15) is 10.2 Å². The fourth-order valence-electron chi connectivity index (χ4n) is 1.78. The van der Waals surface area contributed by atoms with Gasteiger partial charge in [0, 0.05) is 12.0 Å². The van der Waals surface area contributed by atoms with Crippen molar-refractivity contribution < 1.29 is 10.2 Å². The van der Waals surface area contributed by atoms with Gasteiger partial charge in [-0.15, -0.1) is 0 Å². The Morgan fingerprint density at radius 2 is 2.00 bits per heavy atom. The summed E-state index contributed by atoms with van der Waals surface area (Å²) in [5, 5.41) is 28.7. The van der Waals surface area contributed by atoms with Gasteiger partial charge in [0.05, 0.1) is 17.8 Å². The maximum atomic E-state index is 10.0. The van der Waals surface area contributed by atoms with Crippen LogP contribution in [0, 0.1) is 11.3 Å². The van der Waals surface area contributed by atoms with Crippen molar-refractivity contribution in [1.29, 1.82) is 5.26 Å². The first-order chi connectivity index (χ1) is 8.92. The van der Waals surface area contributed by atoms with Crippen molar-refractivity contribution in [2.24, 2.45) is 0 Å². The van der Waals surface area contributed by atoms with Crippen LogP contribution >= 0.6 is 0 Å². The van der Waals surface area contributed by atoms with E-state index < -0.39 is 11.7 Å². The fourth-order valence-corrected chi connectivity index (χ4v) is 1.78. The molecule has 0 aliphatic carbocycles. The Hall–Kier alpha value is -1.63. The maximum Gasteiger partial charge on any atom is 0.0944 e. The second-order valence-electron chi connectivity index (χ2n) is 5.32. The minimum absolute atomic E-state index is 0.312. The van der Waals surface area contributed by atoms with E-state index in [0.29, 0.717) is 24.8 Å². The molecule has 2 N–H and O–H groups in total. The van der Waals surface area contributed by atoms with E-state index in [-0.39, 0.29) is 0 Å². The smallest absolute Gasteiger partial charge is 0.0944 e. The number of rotatable bonds is 6. The van der Waals surface area contributed by atoms with Crippen LogP contribution in [-0.2, 0) is 0 Å². The lowest BCUT2D eigenvalue weighted by molar-refractivity contribution is 0.0721. The summed E-state index contributed by atoms with van der Waals surface area (Å²) in [6.07, 6.45) is 2.68. The number of aliphatic hydroxyl groups is 2. The van der Waals surface area contributed by atoms with Gasteiger partial charge in [-0.2, -0.15) is 5.26 Å². The minimum Gasteiger partial charge on any atom is -0.390 e. The predicted molar refractivity (Wildman–Crippen MR) is 75.2 cm³/mol. The van der Waals surface area contributed by atoms with Crippen LogP contribution in [0.5, 0.6) is 0 Å². The van der Waals surface area contributed by atoms with Gasteiger partial charge in [-0.05, 0) is 32.3 Å². The van der Waals surface area contributed by atoms with Crippen molar-refractivity contribution in [1.82, 2.24) is 0 Å². The highest BCUT2D eigenvalue weighted by molar-refractivity contribution is 5.25. The molecule has 1 aromatic rings. The molecule has 0 saturated heterocycles. The summed E-state index contributed by atoms with van der Waals surface area (Å²) >= 11 is 0. The molecule has 0 aliphatic heterocycles. The number of aliphatic hydroxyl groups excluding tert-OH is 1. The van der Waals surface area contributed by atoms with E-state index >= 15 is 0 Å². The van der Waals surface area contributed by atoms with E-state index in [1.807, 2.05) is 30.3 Å². The zero-order valence-corrected chi connectivity index (χ0v) is 11.5. The van der Waals surface area contributed by atoms with Crippen molar-refractivity contribution >= 4 is 0 Å². The number of nitrogens with zero attached hydrogens (tertiary/aromatic N) is 1. The molecule has 1 atom stereocenters. The number of hydrogen-bond donors (Lipinski definition) is 2. The molecular formula is C16H21NO2. The molecule has 1 unspecified atom stereocenters. The molecule has 1 rings (SSSR count). The first kappa shape index (κ1) is 15.4. The van der Waals surface area contributed by atoms with E-state index in [2.05, 4.69) is 6.07 Å². The zero-order chi connectivity index (χ0) is 14.3. The Bertz CT molecular complexity index is 452. The number of nitriles is 1. The van der Waals surface area contributed by atoms with Crippen molar-refractivity contribution in [3.63, 3.8) is 0 Å². The molecule has 19 heavy (non-hydrogen) atoms. The molecule has 0 heterocycles. The monoisotopic (exact) mass is 259 g/mol. The topological polar surface area (TPSA) is 64.2 Å². The second-order valence-corrected chi connectivity index (χ2v) is 5.32. The highest BCUT2D eigenvalue weighted by atomic mass is 16.3. The molecule has 0 saturated carbocycles. The third kappa shape index (κ3) is 6.19. The molecule has 3 nitrogen and oxygen atoms in total. The van der Waals surface area contributed by atoms with Crippen LogP contribution in [0.15, 0.2) is 42.0 Å².